The monoisotopic (exact) mass is 242 g/mol. The zero-order valence-corrected chi connectivity index (χ0v) is 10.8. The number of hydrogen-bond acceptors (Lipinski definition) is 3. The van der Waals surface area contributed by atoms with Gasteiger partial charge in [0.25, 0.3) is 0 Å². The lowest BCUT2D eigenvalue weighted by Crippen LogP contribution is -2.19. The summed E-state index contributed by atoms with van der Waals surface area (Å²) in [6.45, 7) is 3.56. The van der Waals surface area contributed by atoms with E-state index in [1.807, 2.05) is 18.7 Å². The Balaban J connectivity index is 2.13. The Hall–Kier alpha value is -1.81. The highest BCUT2D eigenvalue weighted by molar-refractivity contribution is 5.70. The molecule has 2 aromatic rings. The molecule has 0 aliphatic carbocycles. The van der Waals surface area contributed by atoms with Crippen LogP contribution in [0.4, 0.5) is 11.5 Å². The maximum absolute atomic E-state index is 5.87. The van der Waals surface area contributed by atoms with Crippen molar-refractivity contribution in [3.63, 3.8) is 0 Å². The van der Waals surface area contributed by atoms with Gasteiger partial charge in [-0.25, -0.2) is 0 Å². The van der Waals surface area contributed by atoms with E-state index in [9.17, 15) is 0 Å². The molecule has 94 valence electrons. The van der Waals surface area contributed by atoms with Crippen LogP contribution >= 0.6 is 0 Å². The van der Waals surface area contributed by atoms with E-state index in [0.717, 1.165) is 30.0 Å². The van der Waals surface area contributed by atoms with Gasteiger partial charge in [-0.1, -0.05) is 18.2 Å². The summed E-state index contributed by atoms with van der Waals surface area (Å²) < 4.78 is 1.94. The molecule has 4 heteroatoms. The van der Waals surface area contributed by atoms with E-state index >= 15 is 0 Å². The fraction of sp³-hybridized carbons (Fsp3) is 0.357. The van der Waals surface area contributed by atoms with Gasteiger partial charge in [-0.3, -0.25) is 4.68 Å². The molecule has 0 radical (unpaired) electrons. The second-order valence-corrected chi connectivity index (χ2v) is 4.75. The molecular weight excluding hydrogens is 224 g/mol. The second-order valence-electron chi connectivity index (χ2n) is 4.75. The molecule has 0 saturated carbocycles. The van der Waals surface area contributed by atoms with Gasteiger partial charge in [0.2, 0.25) is 0 Å². The topological polar surface area (TPSA) is 47.1 Å². The average Bonchev–Trinajstić information content (AvgIpc) is 2.89. The van der Waals surface area contributed by atoms with Crippen LogP contribution in [0.5, 0.6) is 0 Å². The highest BCUT2D eigenvalue weighted by Gasteiger charge is 2.25. The SMILES string of the molecule is Cc1nn(C)c(N2CCc3ccccc32)c1CN. The smallest absolute Gasteiger partial charge is 0.135 e. The number of fused-ring (bicyclic) bond motifs is 1. The van der Waals surface area contributed by atoms with Crippen LogP contribution < -0.4 is 10.6 Å². The predicted molar refractivity (Wildman–Crippen MR) is 73.0 cm³/mol. The molecule has 0 unspecified atom stereocenters. The fourth-order valence-corrected chi connectivity index (χ4v) is 2.82. The van der Waals surface area contributed by atoms with Gasteiger partial charge >= 0.3 is 0 Å². The molecule has 0 amide bonds. The first kappa shape index (κ1) is 11.3. The van der Waals surface area contributed by atoms with Crippen LogP contribution in [0.15, 0.2) is 24.3 Å². The Morgan fingerprint density at radius 1 is 1.33 bits per heavy atom. The van der Waals surface area contributed by atoms with Crippen molar-refractivity contribution in [3.05, 3.63) is 41.1 Å². The highest BCUT2D eigenvalue weighted by Crippen LogP contribution is 2.36. The van der Waals surface area contributed by atoms with Crippen molar-refractivity contribution < 1.29 is 0 Å². The van der Waals surface area contributed by atoms with Crippen LogP contribution in [0.3, 0.4) is 0 Å². The third-order valence-electron chi connectivity index (χ3n) is 3.66. The number of anilines is 2. The summed E-state index contributed by atoms with van der Waals surface area (Å²) in [5.74, 6) is 1.14. The highest BCUT2D eigenvalue weighted by atomic mass is 15.4. The van der Waals surface area contributed by atoms with Crippen molar-refractivity contribution in [1.29, 1.82) is 0 Å². The Labute approximate surface area is 107 Å². The van der Waals surface area contributed by atoms with E-state index in [1.54, 1.807) is 0 Å². The Kier molecular flexibility index (Phi) is 2.59. The van der Waals surface area contributed by atoms with Crippen LogP contribution in [0.2, 0.25) is 0 Å². The van der Waals surface area contributed by atoms with Crippen molar-refractivity contribution in [2.24, 2.45) is 12.8 Å². The van der Waals surface area contributed by atoms with E-state index < -0.39 is 0 Å². The van der Waals surface area contributed by atoms with Crippen LogP contribution in [0, 0.1) is 6.92 Å². The molecule has 2 heterocycles. The first-order chi connectivity index (χ1) is 8.72. The van der Waals surface area contributed by atoms with Gasteiger partial charge < -0.3 is 10.6 Å². The standard InChI is InChI=1S/C14H18N4/c1-10-12(9-15)14(17(2)16-10)18-8-7-11-5-3-4-6-13(11)18/h3-6H,7-9,15H2,1-2H3. The van der Waals surface area contributed by atoms with Gasteiger partial charge in [-0.05, 0) is 25.0 Å². The van der Waals surface area contributed by atoms with Gasteiger partial charge in [0.05, 0.1) is 5.69 Å². The first-order valence-electron chi connectivity index (χ1n) is 6.30. The van der Waals surface area contributed by atoms with Crippen LogP contribution in [-0.4, -0.2) is 16.3 Å². The van der Waals surface area contributed by atoms with Crippen molar-refractivity contribution in [3.8, 4) is 0 Å². The van der Waals surface area contributed by atoms with E-state index in [0.29, 0.717) is 6.54 Å². The first-order valence-corrected chi connectivity index (χ1v) is 6.30. The van der Waals surface area contributed by atoms with E-state index in [1.165, 1.54) is 11.3 Å². The average molecular weight is 242 g/mol. The lowest BCUT2D eigenvalue weighted by Gasteiger charge is -2.21. The molecule has 0 fully saturated rings. The van der Waals surface area contributed by atoms with Crippen LogP contribution in [0.1, 0.15) is 16.8 Å². The molecule has 3 rings (SSSR count). The largest absolute Gasteiger partial charge is 0.326 e. The summed E-state index contributed by atoms with van der Waals surface area (Å²) >= 11 is 0. The molecule has 0 atom stereocenters. The zero-order valence-electron chi connectivity index (χ0n) is 10.8. The summed E-state index contributed by atoms with van der Waals surface area (Å²) in [5.41, 5.74) is 10.7. The molecular formula is C14H18N4. The molecule has 1 aromatic carbocycles. The molecule has 1 aliphatic heterocycles. The van der Waals surface area contributed by atoms with Gasteiger partial charge in [0.15, 0.2) is 0 Å². The summed E-state index contributed by atoms with van der Waals surface area (Å²) in [4.78, 5) is 2.33. The Bertz CT molecular complexity index is 585. The lowest BCUT2D eigenvalue weighted by molar-refractivity contribution is 0.742. The molecule has 0 spiro atoms. The quantitative estimate of drug-likeness (QED) is 0.874. The fourth-order valence-electron chi connectivity index (χ4n) is 2.82. The van der Waals surface area contributed by atoms with Crippen molar-refractivity contribution in [1.82, 2.24) is 9.78 Å². The molecule has 1 aliphatic rings. The maximum Gasteiger partial charge on any atom is 0.135 e. The summed E-state index contributed by atoms with van der Waals surface area (Å²) in [5, 5.41) is 4.49. The predicted octanol–water partition coefficient (Wildman–Crippen LogP) is 1.88. The molecule has 4 nitrogen and oxygen atoms in total. The minimum Gasteiger partial charge on any atom is -0.326 e. The molecule has 2 N–H and O–H groups in total. The normalized spacial score (nSPS) is 14.1. The number of aryl methyl sites for hydroxylation is 2. The number of nitrogens with zero attached hydrogens (tertiary/aromatic N) is 3. The minimum absolute atomic E-state index is 0.535. The number of benzene rings is 1. The Morgan fingerprint density at radius 3 is 2.89 bits per heavy atom. The minimum atomic E-state index is 0.535. The van der Waals surface area contributed by atoms with Gasteiger partial charge in [0, 0.05) is 31.4 Å². The second kappa shape index (κ2) is 4.14. The number of hydrogen-bond donors (Lipinski definition) is 1. The molecule has 1 aromatic heterocycles. The lowest BCUT2D eigenvalue weighted by atomic mass is 10.2. The number of aromatic nitrogens is 2. The summed E-state index contributed by atoms with van der Waals surface area (Å²) in [6.07, 6.45) is 1.09. The third-order valence-corrected chi connectivity index (χ3v) is 3.66. The van der Waals surface area contributed by atoms with Gasteiger partial charge in [-0.15, -0.1) is 0 Å². The summed E-state index contributed by atoms with van der Waals surface area (Å²) in [7, 11) is 1.99. The molecule has 0 bridgehead atoms. The molecule has 18 heavy (non-hydrogen) atoms. The van der Waals surface area contributed by atoms with Crippen molar-refractivity contribution >= 4 is 11.5 Å². The van der Waals surface area contributed by atoms with Gasteiger partial charge in [-0.2, -0.15) is 5.10 Å². The number of rotatable bonds is 2. The van der Waals surface area contributed by atoms with E-state index in [-0.39, 0.29) is 0 Å². The van der Waals surface area contributed by atoms with Gasteiger partial charge in [0.1, 0.15) is 5.82 Å². The maximum atomic E-state index is 5.87. The van der Waals surface area contributed by atoms with E-state index in [4.69, 9.17) is 5.73 Å². The van der Waals surface area contributed by atoms with Crippen LogP contribution in [-0.2, 0) is 20.0 Å². The third kappa shape index (κ3) is 1.53. The van der Waals surface area contributed by atoms with Crippen molar-refractivity contribution in [2.45, 2.75) is 19.9 Å². The van der Waals surface area contributed by atoms with Crippen molar-refractivity contribution in [2.75, 3.05) is 11.4 Å². The number of nitrogens with two attached hydrogens (primary N) is 1. The Morgan fingerprint density at radius 2 is 2.11 bits per heavy atom. The summed E-state index contributed by atoms with van der Waals surface area (Å²) in [6, 6.07) is 8.55. The zero-order chi connectivity index (χ0) is 12.7. The molecule has 0 saturated heterocycles. The van der Waals surface area contributed by atoms with Crippen LogP contribution in [0.25, 0.3) is 0 Å². The van der Waals surface area contributed by atoms with E-state index in [2.05, 4.69) is 34.3 Å². The number of para-hydroxylation sites is 1.